The molecule has 1 aromatic rings. The van der Waals surface area contributed by atoms with Crippen LogP contribution >= 0.6 is 11.6 Å². The number of halogens is 1. The molecule has 3 rings (SSSR count). The maximum absolute atomic E-state index is 13.2. The summed E-state index contributed by atoms with van der Waals surface area (Å²) in [6.45, 7) is 10.2. The van der Waals surface area contributed by atoms with Gasteiger partial charge in [0.15, 0.2) is 0 Å². The monoisotopic (exact) mass is 451 g/mol. The molecule has 2 aliphatic rings. The molecule has 2 fully saturated rings. The van der Waals surface area contributed by atoms with E-state index in [1.165, 1.54) is 0 Å². The number of hydrogen-bond acceptors (Lipinski definition) is 5. The second kappa shape index (κ2) is 9.76. The van der Waals surface area contributed by atoms with Gasteiger partial charge in [-0.1, -0.05) is 38.4 Å². The molecule has 2 heterocycles. The van der Waals surface area contributed by atoms with Crippen molar-refractivity contribution in [1.82, 2.24) is 14.7 Å². The summed E-state index contributed by atoms with van der Waals surface area (Å²) in [7, 11) is 2.06. The Kier molecular flexibility index (Phi) is 7.50. The second-order valence-corrected chi connectivity index (χ2v) is 10.1. The van der Waals surface area contributed by atoms with Gasteiger partial charge in [-0.3, -0.25) is 9.59 Å². The predicted molar refractivity (Wildman–Crippen MR) is 120 cm³/mol. The van der Waals surface area contributed by atoms with E-state index in [9.17, 15) is 9.59 Å². The van der Waals surface area contributed by atoms with E-state index in [-0.39, 0.29) is 24.8 Å². The maximum atomic E-state index is 13.2. The molecule has 0 bridgehead atoms. The Labute approximate surface area is 190 Å². The second-order valence-electron chi connectivity index (χ2n) is 9.62. The van der Waals surface area contributed by atoms with Gasteiger partial charge in [0.25, 0.3) is 0 Å². The van der Waals surface area contributed by atoms with Crippen LogP contribution in [0.2, 0.25) is 5.02 Å². The zero-order valence-electron chi connectivity index (χ0n) is 19.0. The summed E-state index contributed by atoms with van der Waals surface area (Å²) in [6.07, 6.45) is 0.172. The number of rotatable bonds is 5. The Hall–Kier alpha value is -1.83. The quantitative estimate of drug-likeness (QED) is 0.688. The molecule has 0 N–H and O–H groups in total. The van der Waals surface area contributed by atoms with Crippen molar-refractivity contribution in [3.63, 3.8) is 0 Å². The van der Waals surface area contributed by atoms with Gasteiger partial charge in [-0.25, -0.2) is 0 Å². The van der Waals surface area contributed by atoms with Crippen LogP contribution in [0.3, 0.4) is 0 Å². The third kappa shape index (κ3) is 6.34. The van der Waals surface area contributed by atoms with Gasteiger partial charge < -0.3 is 24.2 Å². The highest BCUT2D eigenvalue weighted by Crippen LogP contribution is 2.29. The van der Waals surface area contributed by atoms with Crippen molar-refractivity contribution in [2.75, 3.05) is 59.5 Å². The molecule has 1 aromatic carbocycles. The van der Waals surface area contributed by atoms with Gasteiger partial charge in [0.05, 0.1) is 19.6 Å². The predicted octanol–water partition coefficient (Wildman–Crippen LogP) is 2.53. The first-order chi connectivity index (χ1) is 14.6. The van der Waals surface area contributed by atoms with Gasteiger partial charge in [0, 0.05) is 43.2 Å². The molecule has 2 saturated heterocycles. The molecular formula is C23H34ClN3O4. The Morgan fingerprint density at radius 2 is 1.84 bits per heavy atom. The van der Waals surface area contributed by atoms with Crippen LogP contribution in [0, 0.1) is 5.41 Å². The average molecular weight is 452 g/mol. The number of hydrogen-bond donors (Lipinski definition) is 0. The van der Waals surface area contributed by atoms with Gasteiger partial charge in [-0.05, 0) is 25.2 Å². The Balaban J connectivity index is 1.77. The zero-order chi connectivity index (χ0) is 22.6. The lowest BCUT2D eigenvalue weighted by Crippen LogP contribution is -2.60. The molecule has 0 aliphatic carbocycles. The highest BCUT2D eigenvalue weighted by molar-refractivity contribution is 6.30. The highest BCUT2D eigenvalue weighted by atomic mass is 35.5. The summed E-state index contributed by atoms with van der Waals surface area (Å²) < 4.78 is 12.2. The summed E-state index contributed by atoms with van der Waals surface area (Å²) >= 11 is 6.08. The van der Waals surface area contributed by atoms with E-state index >= 15 is 0 Å². The molecule has 172 valence electrons. The van der Waals surface area contributed by atoms with Crippen LogP contribution in [-0.4, -0.2) is 91.6 Å². The number of ether oxygens (including phenoxy) is 2. The lowest BCUT2D eigenvalue weighted by atomic mass is 9.91. The van der Waals surface area contributed by atoms with Crippen molar-refractivity contribution in [2.45, 2.75) is 32.8 Å². The lowest BCUT2D eigenvalue weighted by Gasteiger charge is -2.44. The van der Waals surface area contributed by atoms with Crippen molar-refractivity contribution in [1.29, 1.82) is 0 Å². The van der Waals surface area contributed by atoms with E-state index < -0.39 is 11.0 Å². The van der Waals surface area contributed by atoms with E-state index in [4.69, 9.17) is 21.1 Å². The summed E-state index contributed by atoms with van der Waals surface area (Å²) in [4.78, 5) is 32.0. The average Bonchev–Trinajstić information content (AvgIpc) is 2.72. The molecule has 0 saturated carbocycles. The molecule has 0 spiro atoms. The molecule has 2 amide bonds. The third-order valence-corrected chi connectivity index (χ3v) is 6.04. The van der Waals surface area contributed by atoms with Gasteiger partial charge >= 0.3 is 0 Å². The minimum atomic E-state index is -0.901. The summed E-state index contributed by atoms with van der Waals surface area (Å²) in [5.74, 6) is 0.699. The van der Waals surface area contributed by atoms with Crippen molar-refractivity contribution in [3.8, 4) is 5.75 Å². The molecule has 0 radical (unpaired) electrons. The standard InChI is InChI=1S/C23H34ClN3O4/c1-22(2,3)21(29)27-12-13-31-23(16-27,17-30-19-7-5-6-18(24)14-19)15-20(28)26-10-8-25(4)9-11-26/h5-7,14H,8-13,15-17H2,1-4H3/t23-/m1/s1. The summed E-state index contributed by atoms with van der Waals surface area (Å²) in [6, 6.07) is 7.15. The lowest BCUT2D eigenvalue weighted by molar-refractivity contribution is -0.170. The first-order valence-corrected chi connectivity index (χ1v) is 11.2. The Morgan fingerprint density at radius 3 is 2.48 bits per heavy atom. The fourth-order valence-corrected chi connectivity index (χ4v) is 4.13. The smallest absolute Gasteiger partial charge is 0.228 e. The number of likely N-dealkylation sites (N-methyl/N-ethyl adjacent to an activating group) is 1. The van der Waals surface area contributed by atoms with Crippen molar-refractivity contribution in [3.05, 3.63) is 29.3 Å². The number of piperazine rings is 1. The van der Waals surface area contributed by atoms with Crippen molar-refractivity contribution in [2.24, 2.45) is 5.41 Å². The van der Waals surface area contributed by atoms with Gasteiger partial charge in [0.1, 0.15) is 18.0 Å². The van der Waals surface area contributed by atoms with Gasteiger partial charge in [0.2, 0.25) is 11.8 Å². The van der Waals surface area contributed by atoms with E-state index in [0.29, 0.717) is 43.6 Å². The molecular weight excluding hydrogens is 418 g/mol. The SMILES string of the molecule is CN1CCN(C(=O)C[C@]2(COc3cccc(Cl)c3)CN(C(=O)C(C)(C)C)CCO2)CC1. The van der Waals surface area contributed by atoms with E-state index in [2.05, 4.69) is 11.9 Å². The van der Waals surface area contributed by atoms with E-state index in [0.717, 1.165) is 13.1 Å². The van der Waals surface area contributed by atoms with Crippen LogP contribution in [0.1, 0.15) is 27.2 Å². The fourth-order valence-electron chi connectivity index (χ4n) is 3.95. The van der Waals surface area contributed by atoms with Crippen LogP contribution in [0.25, 0.3) is 0 Å². The van der Waals surface area contributed by atoms with Gasteiger partial charge in [-0.15, -0.1) is 0 Å². The molecule has 7 nitrogen and oxygen atoms in total. The molecule has 1 atom stereocenters. The van der Waals surface area contributed by atoms with Crippen LogP contribution in [0.4, 0.5) is 0 Å². The zero-order valence-corrected chi connectivity index (χ0v) is 19.8. The largest absolute Gasteiger partial charge is 0.490 e. The number of carbonyl (C=O) groups excluding carboxylic acids is 2. The van der Waals surface area contributed by atoms with Crippen LogP contribution in [0.5, 0.6) is 5.75 Å². The van der Waals surface area contributed by atoms with Crippen molar-refractivity contribution < 1.29 is 19.1 Å². The van der Waals surface area contributed by atoms with E-state index in [1.807, 2.05) is 42.7 Å². The van der Waals surface area contributed by atoms with Crippen LogP contribution < -0.4 is 4.74 Å². The van der Waals surface area contributed by atoms with Crippen molar-refractivity contribution >= 4 is 23.4 Å². The van der Waals surface area contributed by atoms with Crippen LogP contribution in [-0.2, 0) is 14.3 Å². The Bertz CT molecular complexity index is 789. The topological polar surface area (TPSA) is 62.3 Å². The Morgan fingerprint density at radius 1 is 1.13 bits per heavy atom. The number of morpholine rings is 1. The fraction of sp³-hybridized carbons (Fsp3) is 0.652. The van der Waals surface area contributed by atoms with Gasteiger partial charge in [-0.2, -0.15) is 0 Å². The number of carbonyl (C=O) groups is 2. The number of benzene rings is 1. The molecule has 2 aliphatic heterocycles. The first-order valence-electron chi connectivity index (χ1n) is 10.9. The summed E-state index contributed by atoms with van der Waals surface area (Å²) in [5.41, 5.74) is -1.40. The number of nitrogens with zero attached hydrogens (tertiary/aromatic N) is 3. The molecule has 0 unspecified atom stereocenters. The minimum absolute atomic E-state index is 0.0350. The third-order valence-electron chi connectivity index (χ3n) is 5.80. The summed E-state index contributed by atoms with van der Waals surface area (Å²) in [5, 5.41) is 0.578. The highest BCUT2D eigenvalue weighted by Gasteiger charge is 2.44. The van der Waals surface area contributed by atoms with E-state index in [1.54, 1.807) is 12.1 Å². The van der Waals surface area contributed by atoms with Crippen LogP contribution in [0.15, 0.2) is 24.3 Å². The first kappa shape index (κ1) is 23.8. The normalized spacial score (nSPS) is 23.0. The number of amides is 2. The molecule has 31 heavy (non-hydrogen) atoms. The maximum Gasteiger partial charge on any atom is 0.228 e. The minimum Gasteiger partial charge on any atom is -0.490 e. The molecule has 0 aromatic heterocycles. The molecule has 8 heteroatoms.